The van der Waals surface area contributed by atoms with Gasteiger partial charge >= 0.3 is 39.5 Å². The smallest absolute Gasteiger partial charge is 0.462 e. The van der Waals surface area contributed by atoms with Gasteiger partial charge in [0.1, 0.15) is 19.3 Å². The van der Waals surface area contributed by atoms with Gasteiger partial charge in [-0.2, -0.15) is 0 Å². The fourth-order valence-corrected chi connectivity index (χ4v) is 12.9. The lowest BCUT2D eigenvalue weighted by Gasteiger charge is -2.21. The van der Waals surface area contributed by atoms with Crippen LogP contribution in [-0.4, -0.2) is 96.7 Å². The van der Waals surface area contributed by atoms with E-state index in [0.717, 1.165) is 102 Å². The number of ether oxygens (including phenoxy) is 4. The summed E-state index contributed by atoms with van der Waals surface area (Å²) in [6, 6.07) is 0. The normalized spacial score (nSPS) is 14.3. The van der Waals surface area contributed by atoms with Gasteiger partial charge in [-0.25, -0.2) is 9.13 Å². The molecule has 0 saturated heterocycles. The lowest BCUT2D eigenvalue weighted by atomic mass is 9.99. The van der Waals surface area contributed by atoms with E-state index in [1.165, 1.54) is 205 Å². The van der Waals surface area contributed by atoms with Crippen LogP contribution >= 0.6 is 15.6 Å². The molecule has 0 bridgehead atoms. The minimum Gasteiger partial charge on any atom is -0.462 e. The highest BCUT2D eigenvalue weighted by Gasteiger charge is 2.30. The summed E-state index contributed by atoms with van der Waals surface area (Å²) in [7, 11) is -9.90. The molecule has 0 fully saturated rings. The first-order chi connectivity index (χ1) is 45.1. The van der Waals surface area contributed by atoms with Crippen LogP contribution in [0.4, 0.5) is 0 Å². The Morgan fingerprint density at radius 2 is 0.516 bits per heavy atom. The van der Waals surface area contributed by atoms with Gasteiger partial charge in [0.2, 0.25) is 0 Å². The average molecular weight is 1370 g/mol. The van der Waals surface area contributed by atoms with E-state index in [2.05, 4.69) is 34.6 Å². The quantitative estimate of drug-likeness (QED) is 0.0222. The Kier molecular flexibility index (Phi) is 65.9. The molecular weight excluding hydrogens is 1220 g/mol. The highest BCUT2D eigenvalue weighted by atomic mass is 31.2. The van der Waals surface area contributed by atoms with Gasteiger partial charge in [-0.05, 0) is 31.6 Å². The third-order valence-electron chi connectivity index (χ3n) is 17.6. The van der Waals surface area contributed by atoms with Gasteiger partial charge in [0.25, 0.3) is 0 Å². The zero-order valence-corrected chi connectivity index (χ0v) is 62.2. The maximum absolute atomic E-state index is 13.1. The number of hydrogen-bond acceptors (Lipinski definition) is 15. The molecule has 0 aromatic rings. The summed E-state index contributed by atoms with van der Waals surface area (Å²) < 4.78 is 68.2. The second kappa shape index (κ2) is 67.3. The first-order valence-corrected chi connectivity index (χ1v) is 41.7. The van der Waals surface area contributed by atoms with Crippen LogP contribution < -0.4 is 0 Å². The van der Waals surface area contributed by atoms with Gasteiger partial charge in [-0.1, -0.05) is 336 Å². The molecule has 552 valence electrons. The van der Waals surface area contributed by atoms with Gasteiger partial charge < -0.3 is 33.8 Å². The summed E-state index contributed by atoms with van der Waals surface area (Å²) in [6.07, 6.45) is 55.8. The molecule has 0 aromatic heterocycles. The van der Waals surface area contributed by atoms with Gasteiger partial charge in [-0.15, -0.1) is 0 Å². The molecule has 0 heterocycles. The molecule has 93 heavy (non-hydrogen) atoms. The number of aliphatic hydroxyl groups is 1. The number of carbonyl (C=O) groups excluding carboxylic acids is 4. The van der Waals surface area contributed by atoms with Crippen molar-refractivity contribution in [1.82, 2.24) is 0 Å². The summed E-state index contributed by atoms with van der Waals surface area (Å²) in [4.78, 5) is 72.4. The predicted octanol–water partition coefficient (Wildman–Crippen LogP) is 21.7. The Morgan fingerprint density at radius 3 is 0.763 bits per heavy atom. The Bertz CT molecular complexity index is 1790. The third kappa shape index (κ3) is 67.0. The van der Waals surface area contributed by atoms with Gasteiger partial charge in [0, 0.05) is 25.7 Å². The van der Waals surface area contributed by atoms with Gasteiger partial charge in [0.05, 0.1) is 26.4 Å². The van der Waals surface area contributed by atoms with E-state index in [-0.39, 0.29) is 25.7 Å². The zero-order chi connectivity index (χ0) is 68.4. The molecule has 0 aliphatic carbocycles. The van der Waals surface area contributed by atoms with Crippen LogP contribution in [0.3, 0.4) is 0 Å². The van der Waals surface area contributed by atoms with E-state index < -0.39 is 97.5 Å². The molecule has 0 aliphatic heterocycles. The van der Waals surface area contributed by atoms with Crippen LogP contribution in [0.2, 0.25) is 0 Å². The molecule has 3 N–H and O–H groups in total. The molecular formula is C74H144O17P2. The van der Waals surface area contributed by atoms with Crippen LogP contribution in [0, 0.1) is 5.92 Å². The first kappa shape index (κ1) is 91.1. The van der Waals surface area contributed by atoms with Crippen molar-refractivity contribution in [2.45, 2.75) is 406 Å². The second-order valence-electron chi connectivity index (χ2n) is 26.9. The summed E-state index contributed by atoms with van der Waals surface area (Å²) in [5.74, 6) is -1.32. The monoisotopic (exact) mass is 1370 g/mol. The molecule has 17 nitrogen and oxygen atoms in total. The molecule has 0 amide bonds. The fourth-order valence-electron chi connectivity index (χ4n) is 11.3. The van der Waals surface area contributed by atoms with E-state index in [4.69, 9.17) is 37.0 Å². The minimum absolute atomic E-state index is 0.107. The summed E-state index contributed by atoms with van der Waals surface area (Å²) in [5, 5.41) is 10.6. The van der Waals surface area contributed by atoms with Gasteiger partial charge in [-0.3, -0.25) is 37.3 Å². The largest absolute Gasteiger partial charge is 0.472 e. The Hall–Kier alpha value is -1.94. The second-order valence-corrected chi connectivity index (χ2v) is 29.8. The van der Waals surface area contributed by atoms with Crippen molar-refractivity contribution in [1.29, 1.82) is 0 Å². The van der Waals surface area contributed by atoms with Crippen molar-refractivity contribution in [3.63, 3.8) is 0 Å². The third-order valence-corrected chi connectivity index (χ3v) is 19.5. The van der Waals surface area contributed by atoms with E-state index in [0.29, 0.717) is 25.7 Å². The Labute approximate surface area is 568 Å². The number of hydrogen-bond donors (Lipinski definition) is 3. The molecule has 0 rings (SSSR count). The minimum atomic E-state index is -4.95. The molecule has 6 atom stereocenters. The number of phosphoric ester groups is 2. The van der Waals surface area contributed by atoms with Crippen molar-refractivity contribution in [2.24, 2.45) is 5.92 Å². The standard InChI is InChI=1S/C74H144O17P2/c1-6-10-13-16-18-20-22-24-26-27-28-29-30-31-33-35-41-45-50-55-60-74(79)91-70(64-85-72(77)58-53-48-43-39-37-36-38-42-47-51-56-67(5)9-4)66-89-93(82,83)87-62-68(75)61-86-92(80,81)88-65-69(63-84-71(76)57-52-46-15-12-8-3)90-73(78)59-54-49-44-40-34-32-25-23-21-19-17-14-11-7-2/h67-70,75H,6-66H2,1-5H3,(H,80,81)(H,82,83)/t67?,68-,69+,70+/m0/s1. The zero-order valence-electron chi connectivity index (χ0n) is 60.4. The highest BCUT2D eigenvalue weighted by Crippen LogP contribution is 2.45. The van der Waals surface area contributed by atoms with Crippen LogP contribution in [-0.2, 0) is 65.4 Å². The lowest BCUT2D eigenvalue weighted by molar-refractivity contribution is -0.161. The van der Waals surface area contributed by atoms with Crippen LogP contribution in [0.5, 0.6) is 0 Å². The van der Waals surface area contributed by atoms with E-state index in [1.54, 1.807) is 0 Å². The molecule has 0 radical (unpaired) electrons. The number of carbonyl (C=O) groups is 4. The molecule has 0 aliphatic rings. The molecule has 0 saturated carbocycles. The number of rotatable bonds is 74. The van der Waals surface area contributed by atoms with Crippen LogP contribution in [0.25, 0.3) is 0 Å². The molecule has 0 spiro atoms. The SMILES string of the molecule is CCCCCCCCCCCCCCCCCCCCCCC(=O)O[C@H](COC(=O)CCCCCCCCCCCCC(C)CC)COP(=O)(O)OC[C@@H](O)COP(=O)(O)OC[C@@H](COC(=O)CCCCCCC)OC(=O)CCCCCCCCCCCCCCCC. The summed E-state index contributed by atoms with van der Waals surface area (Å²) in [6.45, 7) is 7.22. The van der Waals surface area contributed by atoms with E-state index in [1.807, 2.05) is 0 Å². The van der Waals surface area contributed by atoms with Crippen molar-refractivity contribution < 1.29 is 80.2 Å². The Balaban J connectivity index is 5.13. The van der Waals surface area contributed by atoms with E-state index in [9.17, 15) is 43.2 Å². The predicted molar refractivity (Wildman–Crippen MR) is 377 cm³/mol. The molecule has 0 aromatic carbocycles. The molecule has 19 heteroatoms. The van der Waals surface area contributed by atoms with Crippen LogP contribution in [0.1, 0.15) is 388 Å². The molecule has 3 unspecified atom stereocenters. The number of unbranched alkanes of at least 4 members (excludes halogenated alkanes) is 45. The van der Waals surface area contributed by atoms with Gasteiger partial charge in [0.15, 0.2) is 12.2 Å². The van der Waals surface area contributed by atoms with Crippen LogP contribution in [0.15, 0.2) is 0 Å². The maximum atomic E-state index is 13.1. The van der Waals surface area contributed by atoms with Crippen molar-refractivity contribution in [3.05, 3.63) is 0 Å². The van der Waals surface area contributed by atoms with Crippen molar-refractivity contribution in [3.8, 4) is 0 Å². The van der Waals surface area contributed by atoms with Crippen molar-refractivity contribution in [2.75, 3.05) is 39.6 Å². The topological polar surface area (TPSA) is 237 Å². The highest BCUT2D eigenvalue weighted by molar-refractivity contribution is 7.47. The number of aliphatic hydroxyl groups excluding tert-OH is 1. The van der Waals surface area contributed by atoms with Crippen molar-refractivity contribution >= 4 is 39.5 Å². The van der Waals surface area contributed by atoms with E-state index >= 15 is 0 Å². The number of esters is 4. The average Bonchev–Trinajstić information content (AvgIpc) is 3.09. The lowest BCUT2D eigenvalue weighted by Crippen LogP contribution is -2.30. The fraction of sp³-hybridized carbons (Fsp3) is 0.946. The summed E-state index contributed by atoms with van der Waals surface area (Å²) >= 11 is 0. The number of phosphoric acid groups is 2. The maximum Gasteiger partial charge on any atom is 0.472 e. The first-order valence-electron chi connectivity index (χ1n) is 38.7. The Morgan fingerprint density at radius 1 is 0.301 bits per heavy atom. The summed E-state index contributed by atoms with van der Waals surface area (Å²) in [5.41, 5.74) is 0.